The standard InChI is InChI=1S/C25H22F3N5O8/c26-25(27,28)20-16(12-41-32-20)17-10-30-22-21(29-4-5-33(17)22)31-13-2-3-15(18(35)8-13)23(36)38-6-1-7-39-24(37)19-9-14(34)11-40-19/h2-5,8,10,12,14,19,34-35H,1,6-7,9,11H2,(H,29,31)/t14-,19+/m1/s1. The van der Waals surface area contributed by atoms with Crippen LogP contribution in [0.15, 0.2) is 47.6 Å². The van der Waals surface area contributed by atoms with E-state index in [0.717, 1.165) is 6.26 Å². The van der Waals surface area contributed by atoms with Gasteiger partial charge in [-0.25, -0.2) is 19.6 Å². The molecule has 0 spiro atoms. The number of esters is 2. The Bertz CT molecular complexity index is 1570. The topological polar surface area (TPSA) is 171 Å². The Morgan fingerprint density at radius 1 is 1.20 bits per heavy atom. The summed E-state index contributed by atoms with van der Waals surface area (Å²) in [5.41, 5.74) is -1.07. The number of aliphatic hydroxyl groups excluding tert-OH is 1. The number of ether oxygens (including phenoxy) is 3. The molecule has 4 aromatic rings. The molecule has 216 valence electrons. The number of anilines is 2. The second-order valence-electron chi connectivity index (χ2n) is 8.91. The number of hydrogen-bond acceptors (Lipinski definition) is 12. The molecule has 4 heterocycles. The van der Waals surface area contributed by atoms with Crippen LogP contribution < -0.4 is 5.32 Å². The lowest BCUT2D eigenvalue weighted by Crippen LogP contribution is -2.23. The van der Waals surface area contributed by atoms with E-state index in [1.807, 2.05) is 0 Å². The van der Waals surface area contributed by atoms with E-state index in [1.165, 1.54) is 41.2 Å². The van der Waals surface area contributed by atoms with Crippen molar-refractivity contribution in [2.75, 3.05) is 25.1 Å². The maximum absolute atomic E-state index is 13.3. The number of benzene rings is 1. The van der Waals surface area contributed by atoms with Gasteiger partial charge < -0.3 is 34.3 Å². The molecule has 0 amide bonds. The molecule has 41 heavy (non-hydrogen) atoms. The van der Waals surface area contributed by atoms with Gasteiger partial charge in [0.2, 0.25) is 0 Å². The quantitative estimate of drug-likeness (QED) is 0.196. The highest BCUT2D eigenvalue weighted by molar-refractivity contribution is 5.93. The zero-order chi connectivity index (χ0) is 29.1. The van der Waals surface area contributed by atoms with Crippen molar-refractivity contribution in [1.29, 1.82) is 0 Å². The van der Waals surface area contributed by atoms with E-state index in [2.05, 4.69) is 25.0 Å². The summed E-state index contributed by atoms with van der Waals surface area (Å²) < 4.78 is 61.1. The third-order valence-corrected chi connectivity index (χ3v) is 6.03. The van der Waals surface area contributed by atoms with Crippen molar-refractivity contribution < 1.29 is 51.7 Å². The van der Waals surface area contributed by atoms with E-state index in [1.54, 1.807) is 0 Å². The van der Waals surface area contributed by atoms with Gasteiger partial charge >= 0.3 is 18.1 Å². The first-order valence-corrected chi connectivity index (χ1v) is 12.2. The molecule has 16 heteroatoms. The molecule has 1 saturated heterocycles. The molecule has 0 radical (unpaired) electrons. The molecule has 1 aromatic carbocycles. The third kappa shape index (κ3) is 6.07. The number of fused-ring (bicyclic) bond motifs is 1. The fraction of sp³-hybridized carbons (Fsp3) is 0.320. The number of halogens is 3. The van der Waals surface area contributed by atoms with Crippen LogP contribution in [0.4, 0.5) is 24.7 Å². The lowest BCUT2D eigenvalue weighted by atomic mass is 10.2. The lowest BCUT2D eigenvalue weighted by molar-refractivity contribution is -0.154. The van der Waals surface area contributed by atoms with Crippen molar-refractivity contribution in [3.8, 4) is 17.0 Å². The number of aliphatic hydroxyl groups is 1. The number of imidazole rings is 1. The van der Waals surface area contributed by atoms with E-state index in [-0.39, 0.29) is 60.9 Å². The van der Waals surface area contributed by atoms with Crippen molar-refractivity contribution in [3.05, 3.63) is 54.3 Å². The van der Waals surface area contributed by atoms with E-state index >= 15 is 0 Å². The predicted octanol–water partition coefficient (Wildman–Crippen LogP) is 3.09. The van der Waals surface area contributed by atoms with Gasteiger partial charge in [0.1, 0.15) is 17.6 Å². The number of phenols is 1. The third-order valence-electron chi connectivity index (χ3n) is 6.03. The average molecular weight is 577 g/mol. The van der Waals surface area contributed by atoms with Crippen LogP contribution in [0, 0.1) is 0 Å². The number of alkyl halides is 3. The van der Waals surface area contributed by atoms with Gasteiger partial charge in [0, 0.05) is 37.0 Å². The first-order valence-electron chi connectivity index (χ1n) is 12.2. The molecule has 0 unspecified atom stereocenters. The number of hydrogen-bond donors (Lipinski definition) is 3. The van der Waals surface area contributed by atoms with Crippen LogP contribution in [0.3, 0.4) is 0 Å². The Labute approximate surface area is 228 Å². The number of rotatable bonds is 9. The summed E-state index contributed by atoms with van der Waals surface area (Å²) in [6, 6.07) is 4.02. The van der Waals surface area contributed by atoms with Crippen LogP contribution in [0.25, 0.3) is 16.9 Å². The molecule has 0 aliphatic carbocycles. The maximum atomic E-state index is 13.3. The molecule has 0 saturated carbocycles. The Hall–Kier alpha value is -4.70. The summed E-state index contributed by atoms with van der Waals surface area (Å²) in [5.74, 6) is -1.66. The highest BCUT2D eigenvalue weighted by Gasteiger charge is 2.38. The van der Waals surface area contributed by atoms with Gasteiger partial charge in [-0.1, -0.05) is 5.16 Å². The molecule has 1 fully saturated rings. The summed E-state index contributed by atoms with van der Waals surface area (Å²) >= 11 is 0. The zero-order valence-electron chi connectivity index (χ0n) is 21.0. The van der Waals surface area contributed by atoms with Crippen molar-refractivity contribution in [3.63, 3.8) is 0 Å². The van der Waals surface area contributed by atoms with Gasteiger partial charge in [-0.15, -0.1) is 0 Å². The number of carbonyl (C=O) groups excluding carboxylic acids is 2. The van der Waals surface area contributed by atoms with Gasteiger partial charge in [0.05, 0.1) is 43.4 Å². The fourth-order valence-corrected chi connectivity index (χ4v) is 4.09. The molecule has 1 aliphatic rings. The van der Waals surface area contributed by atoms with Crippen LogP contribution in [0.2, 0.25) is 0 Å². The molecule has 0 bridgehead atoms. The number of nitrogens with zero attached hydrogens (tertiary/aromatic N) is 4. The Kier molecular flexibility index (Phi) is 7.76. The summed E-state index contributed by atoms with van der Waals surface area (Å²) in [4.78, 5) is 32.6. The Morgan fingerprint density at radius 3 is 2.73 bits per heavy atom. The highest BCUT2D eigenvalue weighted by atomic mass is 19.4. The second kappa shape index (κ2) is 11.4. The van der Waals surface area contributed by atoms with E-state index < -0.39 is 41.8 Å². The fourth-order valence-electron chi connectivity index (χ4n) is 4.09. The summed E-state index contributed by atoms with van der Waals surface area (Å²) in [5, 5.41) is 25.8. The normalized spacial score (nSPS) is 17.1. The smallest absolute Gasteiger partial charge is 0.437 e. The Morgan fingerprint density at radius 2 is 2.00 bits per heavy atom. The predicted molar refractivity (Wildman–Crippen MR) is 131 cm³/mol. The van der Waals surface area contributed by atoms with Gasteiger partial charge in [-0.3, -0.25) is 4.40 Å². The average Bonchev–Trinajstić information content (AvgIpc) is 3.68. The van der Waals surface area contributed by atoms with Gasteiger partial charge in [0.15, 0.2) is 23.3 Å². The number of phenolic OH excluding ortho intramolecular Hbond substituents is 1. The SMILES string of the molecule is O=C(OCCCOC(=O)[C@@H]1C[C@@H](O)CO1)c1ccc(Nc2nccn3c(-c4conc4C(F)(F)F)cnc23)cc1O. The second-order valence-corrected chi connectivity index (χ2v) is 8.91. The molecular formula is C25H22F3N5O8. The van der Waals surface area contributed by atoms with E-state index in [9.17, 15) is 33.0 Å². The Balaban J connectivity index is 1.20. The van der Waals surface area contributed by atoms with E-state index in [0.29, 0.717) is 5.69 Å². The van der Waals surface area contributed by atoms with Crippen LogP contribution in [0.1, 0.15) is 28.9 Å². The number of carbonyl (C=O) groups is 2. The van der Waals surface area contributed by atoms with Crippen molar-refractivity contribution in [1.82, 2.24) is 19.5 Å². The highest BCUT2D eigenvalue weighted by Crippen LogP contribution is 2.37. The van der Waals surface area contributed by atoms with Crippen LogP contribution in [-0.2, 0) is 25.2 Å². The minimum atomic E-state index is -4.73. The summed E-state index contributed by atoms with van der Waals surface area (Å²) in [6.07, 6.45) is -1.03. The minimum absolute atomic E-state index is 0.0282. The number of aromatic nitrogens is 4. The van der Waals surface area contributed by atoms with Crippen LogP contribution >= 0.6 is 0 Å². The lowest BCUT2D eigenvalue weighted by Gasteiger charge is -2.11. The molecule has 3 N–H and O–H groups in total. The van der Waals surface area contributed by atoms with Crippen molar-refractivity contribution >= 4 is 29.1 Å². The molecule has 13 nitrogen and oxygen atoms in total. The van der Waals surface area contributed by atoms with Gasteiger partial charge in [-0.2, -0.15) is 13.2 Å². The summed E-state index contributed by atoms with van der Waals surface area (Å²) in [7, 11) is 0. The molecule has 1 aliphatic heterocycles. The molecule has 2 atom stereocenters. The van der Waals surface area contributed by atoms with Gasteiger partial charge in [-0.05, 0) is 12.1 Å². The molecule has 5 rings (SSSR count). The van der Waals surface area contributed by atoms with Crippen molar-refractivity contribution in [2.24, 2.45) is 0 Å². The first kappa shape index (κ1) is 27.9. The zero-order valence-corrected chi connectivity index (χ0v) is 21.0. The summed E-state index contributed by atoms with van der Waals surface area (Å²) in [6.45, 7) is -0.0442. The molecule has 3 aromatic heterocycles. The van der Waals surface area contributed by atoms with Crippen LogP contribution in [0.5, 0.6) is 5.75 Å². The minimum Gasteiger partial charge on any atom is -0.507 e. The van der Waals surface area contributed by atoms with E-state index in [4.69, 9.17) is 14.2 Å². The largest absolute Gasteiger partial charge is 0.507 e. The first-order chi connectivity index (χ1) is 19.6. The maximum Gasteiger partial charge on any atom is 0.437 e. The monoisotopic (exact) mass is 577 g/mol. The van der Waals surface area contributed by atoms with Crippen LogP contribution in [-0.4, -0.2) is 73.7 Å². The van der Waals surface area contributed by atoms with Gasteiger partial charge in [0.25, 0.3) is 0 Å². The number of aromatic hydroxyl groups is 1. The molecular weight excluding hydrogens is 555 g/mol. The number of nitrogens with one attached hydrogen (secondary N) is 1. The van der Waals surface area contributed by atoms with Crippen molar-refractivity contribution in [2.45, 2.75) is 31.2 Å².